The lowest BCUT2D eigenvalue weighted by Crippen LogP contribution is -2.36. The number of hydrogen-bond acceptors (Lipinski definition) is 3. The zero-order valence-corrected chi connectivity index (χ0v) is 13.3. The van der Waals surface area contributed by atoms with Crippen molar-refractivity contribution in [3.05, 3.63) is 53.2 Å². The van der Waals surface area contributed by atoms with E-state index in [1.165, 1.54) is 12.1 Å². The zero-order chi connectivity index (χ0) is 16.3. The fraction of sp³-hybridized carbons (Fsp3) is 0.412. The van der Waals surface area contributed by atoms with E-state index in [2.05, 4.69) is 10.5 Å². The Bertz CT molecular complexity index is 659. The Morgan fingerprint density at radius 1 is 1.36 bits per heavy atom. The normalized spacial score (nSPS) is 13.0. The van der Waals surface area contributed by atoms with Gasteiger partial charge in [-0.3, -0.25) is 4.79 Å². The molecule has 0 aliphatic rings. The van der Waals surface area contributed by atoms with Crippen molar-refractivity contribution in [2.24, 2.45) is 5.41 Å². The van der Waals surface area contributed by atoms with Gasteiger partial charge in [-0.1, -0.05) is 45.0 Å². The molecule has 2 aromatic rings. The molecule has 0 saturated carbocycles. The highest BCUT2D eigenvalue weighted by Gasteiger charge is 2.29. The van der Waals surface area contributed by atoms with Crippen LogP contribution in [0.5, 0.6) is 0 Å². The number of benzene rings is 1. The molecule has 0 aliphatic carbocycles. The van der Waals surface area contributed by atoms with Crippen molar-refractivity contribution in [3.63, 3.8) is 0 Å². The van der Waals surface area contributed by atoms with Gasteiger partial charge in [0, 0.05) is 12.5 Å². The fourth-order valence-corrected chi connectivity index (χ4v) is 2.28. The van der Waals surface area contributed by atoms with Gasteiger partial charge in [0.15, 0.2) is 5.69 Å². The van der Waals surface area contributed by atoms with Crippen LogP contribution in [0.1, 0.15) is 55.5 Å². The van der Waals surface area contributed by atoms with E-state index in [1.807, 2.05) is 27.7 Å². The van der Waals surface area contributed by atoms with Gasteiger partial charge in [0.25, 0.3) is 5.91 Å². The largest absolute Gasteiger partial charge is 0.361 e. The van der Waals surface area contributed by atoms with Crippen LogP contribution >= 0.6 is 0 Å². The van der Waals surface area contributed by atoms with Crippen molar-refractivity contribution >= 4 is 5.91 Å². The summed E-state index contributed by atoms with van der Waals surface area (Å²) in [5.41, 5.74) is 0.684. The molecule has 1 unspecified atom stereocenters. The second-order valence-corrected chi connectivity index (χ2v) is 6.36. The van der Waals surface area contributed by atoms with Gasteiger partial charge in [-0.2, -0.15) is 0 Å². The lowest BCUT2D eigenvalue weighted by Gasteiger charge is -2.31. The van der Waals surface area contributed by atoms with Gasteiger partial charge in [0.1, 0.15) is 11.6 Å². The molecule has 118 valence electrons. The van der Waals surface area contributed by atoms with Crippen molar-refractivity contribution in [2.45, 2.75) is 40.2 Å². The highest BCUT2D eigenvalue weighted by atomic mass is 19.1. The van der Waals surface area contributed by atoms with Crippen LogP contribution in [0.25, 0.3) is 0 Å². The first-order chi connectivity index (χ1) is 10.3. The predicted octanol–water partition coefficient (Wildman–Crippen LogP) is 3.89. The average molecular weight is 304 g/mol. The maximum absolute atomic E-state index is 13.5. The van der Waals surface area contributed by atoms with E-state index in [0.29, 0.717) is 12.2 Å². The van der Waals surface area contributed by atoms with E-state index in [0.717, 1.165) is 5.56 Å². The van der Waals surface area contributed by atoms with Gasteiger partial charge in [0.2, 0.25) is 0 Å². The lowest BCUT2D eigenvalue weighted by molar-refractivity contribution is 0.0892. The minimum absolute atomic E-state index is 0.238. The second kappa shape index (κ2) is 6.30. The van der Waals surface area contributed by atoms with E-state index in [9.17, 15) is 9.18 Å². The molecule has 1 N–H and O–H groups in total. The summed E-state index contributed by atoms with van der Waals surface area (Å²) in [6, 6.07) is 7.56. The van der Waals surface area contributed by atoms with Gasteiger partial charge in [-0.05, 0) is 23.1 Å². The molecule has 0 fully saturated rings. The predicted molar refractivity (Wildman–Crippen MR) is 81.9 cm³/mol. The number of hydrogen-bond donors (Lipinski definition) is 1. The summed E-state index contributed by atoms with van der Waals surface area (Å²) in [5.74, 6) is 0.00607. The van der Waals surface area contributed by atoms with E-state index < -0.39 is 0 Å². The molecule has 0 bridgehead atoms. The monoisotopic (exact) mass is 304 g/mol. The third-order valence-corrected chi connectivity index (χ3v) is 3.46. The Kier molecular flexibility index (Phi) is 4.64. The molecule has 4 nitrogen and oxygen atoms in total. The first-order valence-corrected chi connectivity index (χ1v) is 7.33. The fourth-order valence-electron chi connectivity index (χ4n) is 2.28. The molecule has 1 aromatic heterocycles. The summed E-state index contributed by atoms with van der Waals surface area (Å²) < 4.78 is 18.5. The number of nitrogens with zero attached hydrogens (tertiary/aromatic N) is 1. The molecule has 22 heavy (non-hydrogen) atoms. The molecule has 0 spiro atoms. The Hall–Kier alpha value is -2.17. The summed E-state index contributed by atoms with van der Waals surface area (Å²) in [6.45, 7) is 7.89. The van der Waals surface area contributed by atoms with Crippen molar-refractivity contribution in [1.29, 1.82) is 0 Å². The average Bonchev–Trinajstić information content (AvgIpc) is 2.92. The molecule has 2 rings (SSSR count). The molecular weight excluding hydrogens is 283 g/mol. The third kappa shape index (κ3) is 3.72. The number of halogens is 1. The molecule has 1 aromatic carbocycles. The van der Waals surface area contributed by atoms with Crippen LogP contribution in [0.4, 0.5) is 4.39 Å². The molecule has 0 aliphatic heterocycles. The lowest BCUT2D eigenvalue weighted by atomic mass is 9.82. The van der Waals surface area contributed by atoms with Gasteiger partial charge in [-0.15, -0.1) is 0 Å². The summed E-state index contributed by atoms with van der Waals surface area (Å²) in [7, 11) is 0. The standard InChI is InChI=1S/C17H21FN2O2/c1-5-13-10-14(20-22-13)16(21)19-15(17(2,3)4)11-7-6-8-12(18)9-11/h6-10,15H,5H2,1-4H3,(H,19,21). The smallest absolute Gasteiger partial charge is 0.273 e. The Labute approximate surface area is 129 Å². The molecular formula is C17H21FN2O2. The quantitative estimate of drug-likeness (QED) is 0.932. The minimum Gasteiger partial charge on any atom is -0.361 e. The first kappa shape index (κ1) is 16.2. The summed E-state index contributed by atoms with van der Waals surface area (Å²) in [6.07, 6.45) is 0.673. The van der Waals surface area contributed by atoms with Crippen LogP contribution in [0.3, 0.4) is 0 Å². The van der Waals surface area contributed by atoms with Crippen LogP contribution in [0, 0.1) is 11.2 Å². The zero-order valence-electron chi connectivity index (χ0n) is 13.3. The molecule has 1 amide bonds. The topological polar surface area (TPSA) is 55.1 Å². The molecule has 1 atom stereocenters. The van der Waals surface area contributed by atoms with Crippen molar-refractivity contribution < 1.29 is 13.7 Å². The summed E-state index contributed by atoms with van der Waals surface area (Å²) >= 11 is 0. The van der Waals surface area contributed by atoms with Crippen LogP contribution in [0.2, 0.25) is 0 Å². The number of aryl methyl sites for hydroxylation is 1. The first-order valence-electron chi connectivity index (χ1n) is 7.33. The van der Waals surface area contributed by atoms with Crippen molar-refractivity contribution in [3.8, 4) is 0 Å². The van der Waals surface area contributed by atoms with Crippen LogP contribution in [0.15, 0.2) is 34.9 Å². The van der Waals surface area contributed by atoms with E-state index in [1.54, 1.807) is 18.2 Å². The molecule has 5 heteroatoms. The van der Waals surface area contributed by atoms with Crippen molar-refractivity contribution in [1.82, 2.24) is 10.5 Å². The number of aromatic nitrogens is 1. The number of carbonyl (C=O) groups excluding carboxylic acids is 1. The summed E-state index contributed by atoms with van der Waals surface area (Å²) in [5, 5.41) is 6.70. The SMILES string of the molecule is CCc1cc(C(=O)NC(c2cccc(F)c2)C(C)(C)C)no1. The third-order valence-electron chi connectivity index (χ3n) is 3.46. The molecule has 0 radical (unpaired) electrons. The number of carbonyl (C=O) groups is 1. The highest BCUT2D eigenvalue weighted by Crippen LogP contribution is 2.33. The van der Waals surface area contributed by atoms with E-state index in [4.69, 9.17) is 4.52 Å². The van der Waals surface area contributed by atoms with Gasteiger partial charge < -0.3 is 9.84 Å². The number of rotatable bonds is 4. The van der Waals surface area contributed by atoms with E-state index >= 15 is 0 Å². The Morgan fingerprint density at radius 3 is 2.64 bits per heavy atom. The number of nitrogens with one attached hydrogen (secondary N) is 1. The Morgan fingerprint density at radius 2 is 2.09 bits per heavy atom. The van der Waals surface area contributed by atoms with Crippen LogP contribution < -0.4 is 5.32 Å². The van der Waals surface area contributed by atoms with Crippen molar-refractivity contribution in [2.75, 3.05) is 0 Å². The van der Waals surface area contributed by atoms with Gasteiger partial charge >= 0.3 is 0 Å². The maximum Gasteiger partial charge on any atom is 0.273 e. The minimum atomic E-state index is -0.336. The van der Waals surface area contributed by atoms with Gasteiger partial charge in [0.05, 0.1) is 6.04 Å². The maximum atomic E-state index is 13.5. The Balaban J connectivity index is 2.26. The van der Waals surface area contributed by atoms with E-state index in [-0.39, 0.29) is 28.9 Å². The number of amides is 1. The highest BCUT2D eigenvalue weighted by molar-refractivity contribution is 5.92. The van der Waals surface area contributed by atoms with Crippen LogP contribution in [-0.4, -0.2) is 11.1 Å². The second-order valence-electron chi connectivity index (χ2n) is 6.36. The molecule has 0 saturated heterocycles. The van der Waals surface area contributed by atoms with Crippen LogP contribution in [-0.2, 0) is 6.42 Å². The van der Waals surface area contributed by atoms with Gasteiger partial charge in [-0.25, -0.2) is 4.39 Å². The summed E-state index contributed by atoms with van der Waals surface area (Å²) in [4.78, 5) is 12.4. The molecule has 1 heterocycles.